The van der Waals surface area contributed by atoms with Crippen LogP contribution in [-0.4, -0.2) is 41.5 Å². The molecular weight excluding hydrogens is 208 g/mol. The summed E-state index contributed by atoms with van der Waals surface area (Å²) in [6.07, 6.45) is 3.03. The second kappa shape index (κ2) is 5.09. The molecule has 16 heavy (non-hydrogen) atoms. The fraction of sp³-hybridized carbons (Fsp3) is 0.600. The van der Waals surface area contributed by atoms with Crippen LogP contribution in [0, 0.1) is 0 Å². The Morgan fingerprint density at radius 2 is 2.69 bits per heavy atom. The molecule has 0 spiro atoms. The molecule has 0 saturated carbocycles. The summed E-state index contributed by atoms with van der Waals surface area (Å²) in [5.41, 5.74) is 0.709. The van der Waals surface area contributed by atoms with Crippen LogP contribution in [0.25, 0.3) is 0 Å². The Bertz CT molecular complexity index is 357. The molecular formula is C10H16N4O2. The maximum atomic E-state index is 11.8. The van der Waals surface area contributed by atoms with Crippen LogP contribution in [0.3, 0.4) is 0 Å². The molecule has 6 nitrogen and oxygen atoms in total. The van der Waals surface area contributed by atoms with Crippen molar-refractivity contribution in [1.29, 1.82) is 0 Å². The molecule has 0 unspecified atom stereocenters. The van der Waals surface area contributed by atoms with E-state index in [1.807, 2.05) is 6.92 Å². The van der Waals surface area contributed by atoms with Gasteiger partial charge in [-0.15, -0.1) is 0 Å². The largest absolute Gasteiger partial charge is 0.366 e. The maximum Gasteiger partial charge on any atom is 0.254 e. The third kappa shape index (κ3) is 2.59. The first-order chi connectivity index (χ1) is 7.79. The van der Waals surface area contributed by atoms with Gasteiger partial charge < -0.3 is 15.4 Å². The summed E-state index contributed by atoms with van der Waals surface area (Å²) in [6, 6.07) is 0. The Morgan fingerprint density at radius 3 is 3.31 bits per heavy atom. The number of rotatable bonds is 3. The number of ether oxygens (including phenoxy) is 1. The molecule has 0 bridgehead atoms. The molecule has 2 rings (SSSR count). The number of morpholine rings is 1. The Labute approximate surface area is 94.0 Å². The van der Waals surface area contributed by atoms with Gasteiger partial charge in [0.1, 0.15) is 6.10 Å². The number of nitrogens with zero attached hydrogens (tertiary/aromatic N) is 2. The summed E-state index contributed by atoms with van der Waals surface area (Å²) in [6.45, 7) is 4.72. The van der Waals surface area contributed by atoms with Crippen molar-refractivity contribution in [2.45, 2.75) is 19.6 Å². The van der Waals surface area contributed by atoms with Gasteiger partial charge in [0, 0.05) is 25.8 Å². The predicted octanol–water partition coefficient (Wildman–Crippen LogP) is -0.170. The minimum absolute atomic E-state index is 0.122. The first kappa shape index (κ1) is 11.1. The molecule has 2 heterocycles. The third-order valence-electron chi connectivity index (χ3n) is 2.44. The summed E-state index contributed by atoms with van der Waals surface area (Å²) in [5, 5.41) is 9.97. The van der Waals surface area contributed by atoms with Crippen molar-refractivity contribution in [1.82, 2.24) is 15.1 Å². The maximum absolute atomic E-state index is 11.8. The summed E-state index contributed by atoms with van der Waals surface area (Å²) < 4.78 is 7.10. The standard InChI is InChI=1S/C10H16N4O2/c1-2-14-7-8(5-12-14)13-10(15)9-6-11-3-4-16-9/h5,7,9,11H,2-4,6H2,1H3,(H,13,15)/t9-/m1/s1. The zero-order chi connectivity index (χ0) is 11.4. The van der Waals surface area contributed by atoms with Gasteiger partial charge in [-0.1, -0.05) is 0 Å². The minimum Gasteiger partial charge on any atom is -0.366 e. The molecule has 1 aromatic rings. The van der Waals surface area contributed by atoms with E-state index in [-0.39, 0.29) is 5.91 Å². The smallest absolute Gasteiger partial charge is 0.254 e. The van der Waals surface area contributed by atoms with Crippen LogP contribution in [-0.2, 0) is 16.1 Å². The summed E-state index contributed by atoms with van der Waals surface area (Å²) >= 11 is 0. The molecule has 1 aliphatic rings. The van der Waals surface area contributed by atoms with Crippen LogP contribution in [0.5, 0.6) is 0 Å². The fourth-order valence-corrected chi connectivity index (χ4v) is 1.56. The zero-order valence-electron chi connectivity index (χ0n) is 9.27. The van der Waals surface area contributed by atoms with Gasteiger partial charge in [-0.2, -0.15) is 5.10 Å². The van der Waals surface area contributed by atoms with Gasteiger partial charge in [-0.3, -0.25) is 9.48 Å². The summed E-state index contributed by atoms with van der Waals surface area (Å²) in [7, 11) is 0. The first-order valence-electron chi connectivity index (χ1n) is 5.45. The molecule has 1 amide bonds. The van der Waals surface area contributed by atoms with Crippen molar-refractivity contribution in [3.63, 3.8) is 0 Å². The molecule has 0 radical (unpaired) electrons. The van der Waals surface area contributed by atoms with E-state index in [0.717, 1.165) is 13.1 Å². The quantitative estimate of drug-likeness (QED) is 0.748. The van der Waals surface area contributed by atoms with Crippen LogP contribution >= 0.6 is 0 Å². The Kier molecular flexibility index (Phi) is 3.53. The zero-order valence-corrected chi connectivity index (χ0v) is 9.27. The lowest BCUT2D eigenvalue weighted by Crippen LogP contribution is -2.45. The van der Waals surface area contributed by atoms with Gasteiger partial charge in [0.2, 0.25) is 0 Å². The van der Waals surface area contributed by atoms with E-state index < -0.39 is 6.10 Å². The van der Waals surface area contributed by atoms with Gasteiger partial charge in [-0.05, 0) is 6.92 Å². The molecule has 88 valence electrons. The monoisotopic (exact) mass is 224 g/mol. The number of anilines is 1. The average Bonchev–Trinajstić information content (AvgIpc) is 2.78. The number of carbonyl (C=O) groups excluding carboxylic acids is 1. The van der Waals surface area contributed by atoms with Crippen molar-refractivity contribution >= 4 is 11.6 Å². The van der Waals surface area contributed by atoms with Crippen LogP contribution in [0.2, 0.25) is 0 Å². The number of nitrogens with one attached hydrogen (secondary N) is 2. The van der Waals surface area contributed by atoms with E-state index >= 15 is 0 Å². The van der Waals surface area contributed by atoms with E-state index in [2.05, 4.69) is 15.7 Å². The number of carbonyl (C=O) groups is 1. The highest BCUT2D eigenvalue weighted by atomic mass is 16.5. The molecule has 0 aliphatic carbocycles. The van der Waals surface area contributed by atoms with E-state index in [1.54, 1.807) is 17.1 Å². The van der Waals surface area contributed by atoms with Crippen molar-refractivity contribution < 1.29 is 9.53 Å². The Balaban J connectivity index is 1.90. The van der Waals surface area contributed by atoms with E-state index in [9.17, 15) is 4.79 Å². The Hall–Kier alpha value is -1.40. The highest BCUT2D eigenvalue weighted by Gasteiger charge is 2.21. The van der Waals surface area contributed by atoms with Gasteiger partial charge >= 0.3 is 0 Å². The van der Waals surface area contributed by atoms with Crippen LogP contribution in [0.15, 0.2) is 12.4 Å². The van der Waals surface area contributed by atoms with Gasteiger partial charge in [0.15, 0.2) is 0 Å². The van der Waals surface area contributed by atoms with Gasteiger partial charge in [-0.25, -0.2) is 0 Å². The number of hydrogen-bond acceptors (Lipinski definition) is 4. The lowest BCUT2D eigenvalue weighted by molar-refractivity contribution is -0.128. The molecule has 1 aliphatic heterocycles. The number of aryl methyl sites for hydroxylation is 1. The lowest BCUT2D eigenvalue weighted by Gasteiger charge is -2.22. The van der Waals surface area contributed by atoms with Crippen LogP contribution in [0.1, 0.15) is 6.92 Å². The number of aromatic nitrogens is 2. The van der Waals surface area contributed by atoms with E-state index in [4.69, 9.17) is 4.74 Å². The highest BCUT2D eigenvalue weighted by molar-refractivity contribution is 5.94. The van der Waals surface area contributed by atoms with Crippen molar-refractivity contribution in [2.75, 3.05) is 25.0 Å². The second-order valence-electron chi connectivity index (χ2n) is 3.64. The summed E-state index contributed by atoms with van der Waals surface area (Å²) in [5.74, 6) is -0.122. The number of hydrogen-bond donors (Lipinski definition) is 2. The second-order valence-corrected chi connectivity index (χ2v) is 3.64. The fourth-order valence-electron chi connectivity index (χ4n) is 1.56. The molecule has 6 heteroatoms. The normalized spacial score (nSPS) is 20.7. The molecule has 0 aromatic carbocycles. The highest BCUT2D eigenvalue weighted by Crippen LogP contribution is 2.07. The summed E-state index contributed by atoms with van der Waals surface area (Å²) in [4.78, 5) is 11.8. The number of amides is 1. The molecule has 2 N–H and O–H groups in total. The average molecular weight is 224 g/mol. The predicted molar refractivity (Wildman–Crippen MR) is 59.1 cm³/mol. The molecule has 1 saturated heterocycles. The van der Waals surface area contributed by atoms with Crippen molar-refractivity contribution in [3.05, 3.63) is 12.4 Å². The van der Waals surface area contributed by atoms with Gasteiger partial charge in [0.25, 0.3) is 5.91 Å². The van der Waals surface area contributed by atoms with Crippen LogP contribution < -0.4 is 10.6 Å². The molecule has 1 aromatic heterocycles. The minimum atomic E-state index is -0.404. The van der Waals surface area contributed by atoms with Crippen molar-refractivity contribution in [2.24, 2.45) is 0 Å². The van der Waals surface area contributed by atoms with Gasteiger partial charge in [0.05, 0.1) is 18.5 Å². The molecule has 1 fully saturated rings. The van der Waals surface area contributed by atoms with Crippen molar-refractivity contribution in [3.8, 4) is 0 Å². The van der Waals surface area contributed by atoms with E-state index in [1.165, 1.54) is 0 Å². The Morgan fingerprint density at radius 1 is 1.81 bits per heavy atom. The SMILES string of the molecule is CCn1cc(NC(=O)[C@H]2CNCCO2)cn1. The molecule has 1 atom stereocenters. The lowest BCUT2D eigenvalue weighted by atomic mass is 10.3. The first-order valence-corrected chi connectivity index (χ1v) is 5.45. The topological polar surface area (TPSA) is 68.2 Å². The third-order valence-corrected chi connectivity index (χ3v) is 2.44. The van der Waals surface area contributed by atoms with Crippen LogP contribution in [0.4, 0.5) is 5.69 Å². The van der Waals surface area contributed by atoms with E-state index in [0.29, 0.717) is 18.8 Å².